The highest BCUT2D eigenvalue weighted by Gasteiger charge is 2.03. The van der Waals surface area contributed by atoms with Gasteiger partial charge in [0, 0.05) is 19.9 Å². The molecule has 0 saturated heterocycles. The molecule has 1 N–H and O–H groups in total. The summed E-state index contributed by atoms with van der Waals surface area (Å²) in [6.45, 7) is 2.59. The van der Waals surface area contributed by atoms with Gasteiger partial charge >= 0.3 is 0 Å². The Kier molecular flexibility index (Phi) is 3.89. The number of aromatic nitrogens is 1. The average Bonchev–Trinajstić information content (AvgIpc) is 2.26. The zero-order chi connectivity index (χ0) is 10.4. The third-order valence-corrected chi connectivity index (χ3v) is 1.89. The van der Waals surface area contributed by atoms with Crippen molar-refractivity contribution in [3.63, 3.8) is 0 Å². The van der Waals surface area contributed by atoms with Gasteiger partial charge in [0.1, 0.15) is 11.9 Å². The van der Waals surface area contributed by atoms with Gasteiger partial charge in [-0.1, -0.05) is 0 Å². The van der Waals surface area contributed by atoms with E-state index in [4.69, 9.17) is 10.00 Å². The summed E-state index contributed by atoms with van der Waals surface area (Å²) in [6.07, 6.45) is 1.75. The number of nitrogens with one attached hydrogen (secondary N) is 1. The van der Waals surface area contributed by atoms with Crippen LogP contribution in [0, 0.1) is 11.3 Å². The summed E-state index contributed by atoms with van der Waals surface area (Å²) in [7, 11) is 1.65. The Hall–Kier alpha value is -1.60. The third-order valence-electron chi connectivity index (χ3n) is 1.89. The Labute approximate surface area is 83.5 Å². The number of methoxy groups -OCH3 is 1. The van der Waals surface area contributed by atoms with Crippen LogP contribution in [0.15, 0.2) is 18.3 Å². The van der Waals surface area contributed by atoms with Crippen molar-refractivity contribution in [1.29, 1.82) is 5.26 Å². The molecule has 1 unspecified atom stereocenters. The number of nitrogens with zero attached hydrogens (tertiary/aromatic N) is 2. The van der Waals surface area contributed by atoms with E-state index in [1.807, 2.05) is 6.92 Å². The predicted octanol–water partition coefficient (Wildman–Crippen LogP) is 1.40. The fraction of sp³-hybridized carbons (Fsp3) is 0.400. The lowest BCUT2D eigenvalue weighted by molar-refractivity contribution is 0.128. The van der Waals surface area contributed by atoms with Crippen molar-refractivity contribution < 1.29 is 4.74 Å². The number of hydrogen-bond acceptors (Lipinski definition) is 4. The van der Waals surface area contributed by atoms with Gasteiger partial charge in [0.2, 0.25) is 0 Å². The molecule has 0 bridgehead atoms. The Morgan fingerprint density at radius 3 is 3.14 bits per heavy atom. The van der Waals surface area contributed by atoms with Crippen molar-refractivity contribution >= 4 is 5.82 Å². The van der Waals surface area contributed by atoms with Gasteiger partial charge in [0.15, 0.2) is 0 Å². The van der Waals surface area contributed by atoms with Gasteiger partial charge in [-0.25, -0.2) is 4.98 Å². The highest BCUT2D eigenvalue weighted by molar-refractivity contribution is 5.51. The number of pyridine rings is 1. The summed E-state index contributed by atoms with van der Waals surface area (Å²) in [6, 6.07) is 5.54. The number of nitriles is 1. The van der Waals surface area contributed by atoms with E-state index in [2.05, 4.69) is 16.4 Å². The first kappa shape index (κ1) is 10.5. The van der Waals surface area contributed by atoms with E-state index < -0.39 is 0 Å². The lowest BCUT2D eigenvalue weighted by Gasteiger charge is -2.11. The molecule has 4 nitrogen and oxygen atoms in total. The molecule has 0 radical (unpaired) electrons. The molecule has 1 atom stereocenters. The maximum atomic E-state index is 8.78. The summed E-state index contributed by atoms with van der Waals surface area (Å²) in [5, 5.41) is 11.8. The van der Waals surface area contributed by atoms with Gasteiger partial charge in [-0.05, 0) is 19.1 Å². The largest absolute Gasteiger partial charge is 0.380 e. The lowest BCUT2D eigenvalue weighted by Crippen LogP contribution is -2.19. The van der Waals surface area contributed by atoms with Crippen LogP contribution >= 0.6 is 0 Å². The van der Waals surface area contributed by atoms with Crippen LogP contribution in [0.25, 0.3) is 0 Å². The predicted molar refractivity (Wildman–Crippen MR) is 53.9 cm³/mol. The van der Waals surface area contributed by atoms with Crippen molar-refractivity contribution in [3.05, 3.63) is 23.9 Å². The Morgan fingerprint density at radius 2 is 2.50 bits per heavy atom. The van der Waals surface area contributed by atoms with Gasteiger partial charge in [0.25, 0.3) is 0 Å². The Bertz CT molecular complexity index is 332. The van der Waals surface area contributed by atoms with Crippen LogP contribution < -0.4 is 5.32 Å². The molecule has 0 aliphatic carbocycles. The summed E-state index contributed by atoms with van der Waals surface area (Å²) >= 11 is 0. The number of rotatable bonds is 4. The number of ether oxygens (including phenoxy) is 1. The smallest absolute Gasteiger partial charge is 0.143 e. The highest BCUT2D eigenvalue weighted by Crippen LogP contribution is 2.09. The molecule has 1 aromatic heterocycles. The van der Waals surface area contributed by atoms with Crippen LogP contribution in [0.1, 0.15) is 12.5 Å². The van der Waals surface area contributed by atoms with Gasteiger partial charge < -0.3 is 10.1 Å². The molecule has 14 heavy (non-hydrogen) atoms. The molecule has 0 aliphatic heterocycles. The van der Waals surface area contributed by atoms with Crippen molar-refractivity contribution in [2.75, 3.05) is 19.0 Å². The standard InChI is InChI=1S/C10H13N3O/c1-8(14-2)7-13-10-9(6-11)4-3-5-12-10/h3-5,8H,7H2,1-2H3,(H,12,13). The minimum Gasteiger partial charge on any atom is -0.380 e. The van der Waals surface area contributed by atoms with E-state index in [0.717, 1.165) is 0 Å². The van der Waals surface area contributed by atoms with Crippen molar-refractivity contribution in [2.45, 2.75) is 13.0 Å². The topological polar surface area (TPSA) is 57.9 Å². The molecule has 0 fully saturated rings. The maximum Gasteiger partial charge on any atom is 0.143 e. The van der Waals surface area contributed by atoms with Gasteiger partial charge in [-0.2, -0.15) is 5.26 Å². The minimum atomic E-state index is 0.101. The first-order valence-corrected chi connectivity index (χ1v) is 4.39. The zero-order valence-corrected chi connectivity index (χ0v) is 8.32. The van der Waals surface area contributed by atoms with E-state index in [1.165, 1.54) is 0 Å². The molecule has 0 aliphatic rings. The van der Waals surface area contributed by atoms with Gasteiger partial charge in [-0.15, -0.1) is 0 Å². The molecular weight excluding hydrogens is 178 g/mol. The molecule has 1 aromatic rings. The molecule has 1 heterocycles. The third kappa shape index (κ3) is 2.71. The quantitative estimate of drug-likeness (QED) is 0.781. The molecule has 0 amide bonds. The summed E-state index contributed by atoms with van der Waals surface area (Å²) < 4.78 is 5.07. The summed E-state index contributed by atoms with van der Waals surface area (Å²) in [4.78, 5) is 4.07. The van der Waals surface area contributed by atoms with Crippen LogP contribution in [0.2, 0.25) is 0 Å². The fourth-order valence-corrected chi connectivity index (χ4v) is 0.960. The second kappa shape index (κ2) is 5.20. The number of hydrogen-bond donors (Lipinski definition) is 1. The minimum absolute atomic E-state index is 0.101. The van der Waals surface area contributed by atoms with Crippen LogP contribution in [-0.2, 0) is 4.74 Å². The maximum absolute atomic E-state index is 8.78. The molecule has 1 rings (SSSR count). The molecule has 74 valence electrons. The van der Waals surface area contributed by atoms with E-state index in [9.17, 15) is 0 Å². The molecule has 0 spiro atoms. The first-order valence-electron chi connectivity index (χ1n) is 4.39. The summed E-state index contributed by atoms with van der Waals surface area (Å²) in [5.41, 5.74) is 0.552. The highest BCUT2D eigenvalue weighted by atomic mass is 16.5. The van der Waals surface area contributed by atoms with Crippen molar-refractivity contribution in [1.82, 2.24) is 4.98 Å². The van der Waals surface area contributed by atoms with E-state index >= 15 is 0 Å². The van der Waals surface area contributed by atoms with Crippen LogP contribution in [-0.4, -0.2) is 24.7 Å². The van der Waals surface area contributed by atoms with E-state index in [0.29, 0.717) is 17.9 Å². The normalized spacial score (nSPS) is 11.8. The first-order chi connectivity index (χ1) is 6.77. The van der Waals surface area contributed by atoms with Crippen LogP contribution in [0.3, 0.4) is 0 Å². The SMILES string of the molecule is COC(C)CNc1ncccc1C#N. The average molecular weight is 191 g/mol. The van der Waals surface area contributed by atoms with E-state index in [1.54, 1.807) is 25.4 Å². The van der Waals surface area contributed by atoms with Gasteiger partial charge in [-0.3, -0.25) is 0 Å². The summed E-state index contributed by atoms with van der Waals surface area (Å²) in [5.74, 6) is 0.610. The van der Waals surface area contributed by atoms with Crippen molar-refractivity contribution in [3.8, 4) is 6.07 Å². The Morgan fingerprint density at radius 1 is 1.71 bits per heavy atom. The molecule has 4 heteroatoms. The van der Waals surface area contributed by atoms with E-state index in [-0.39, 0.29) is 6.10 Å². The molecule has 0 aromatic carbocycles. The van der Waals surface area contributed by atoms with Crippen molar-refractivity contribution in [2.24, 2.45) is 0 Å². The van der Waals surface area contributed by atoms with Crippen LogP contribution in [0.4, 0.5) is 5.82 Å². The monoisotopic (exact) mass is 191 g/mol. The second-order valence-electron chi connectivity index (χ2n) is 2.94. The Balaban J connectivity index is 2.63. The molecule has 0 saturated carbocycles. The van der Waals surface area contributed by atoms with Gasteiger partial charge in [0.05, 0.1) is 11.7 Å². The van der Waals surface area contributed by atoms with Crippen LogP contribution in [0.5, 0.6) is 0 Å². The fourth-order valence-electron chi connectivity index (χ4n) is 0.960. The second-order valence-corrected chi connectivity index (χ2v) is 2.94. The lowest BCUT2D eigenvalue weighted by atomic mass is 10.3. The number of anilines is 1. The molecular formula is C10H13N3O. The zero-order valence-electron chi connectivity index (χ0n) is 8.32.